The van der Waals surface area contributed by atoms with Crippen molar-refractivity contribution in [2.75, 3.05) is 38.8 Å². The first-order valence-electron chi connectivity index (χ1n) is 11.5. The van der Waals surface area contributed by atoms with Crippen LogP contribution in [-0.2, 0) is 23.9 Å². The number of nitrogens with one attached hydrogen (secondary N) is 3. The molecule has 1 atom stereocenters. The molecule has 9 nitrogen and oxygen atoms in total. The molecule has 0 radical (unpaired) electrons. The fraction of sp³-hybridized carbons (Fsp3) is 0.600. The van der Waals surface area contributed by atoms with E-state index < -0.39 is 29.7 Å². The van der Waals surface area contributed by atoms with E-state index in [0.29, 0.717) is 6.42 Å². The van der Waals surface area contributed by atoms with Crippen molar-refractivity contribution in [3.8, 4) is 0 Å². The molecule has 0 spiro atoms. The number of amides is 3. The van der Waals surface area contributed by atoms with Crippen molar-refractivity contribution >= 4 is 35.5 Å². The van der Waals surface area contributed by atoms with Gasteiger partial charge in [0.05, 0.1) is 26.6 Å². The number of allylic oxidation sites excluding steroid dienone is 5. The van der Waals surface area contributed by atoms with Crippen LogP contribution in [0.3, 0.4) is 0 Å². The van der Waals surface area contributed by atoms with Gasteiger partial charge in [0.15, 0.2) is 0 Å². The molecule has 0 bridgehead atoms. The topological polar surface area (TPSA) is 140 Å². The summed E-state index contributed by atoms with van der Waals surface area (Å²) in [6.07, 6.45) is 10.4. The molecule has 0 fully saturated rings. The van der Waals surface area contributed by atoms with Gasteiger partial charge < -0.3 is 26.4 Å². The van der Waals surface area contributed by atoms with Gasteiger partial charge in [-0.3, -0.25) is 19.2 Å². The summed E-state index contributed by atoms with van der Waals surface area (Å²) in [6.45, 7) is 13.3. The van der Waals surface area contributed by atoms with Crippen LogP contribution in [0.25, 0.3) is 0 Å². The number of carbonyl (C=O) groups excluding carboxylic acids is 4. The first-order chi connectivity index (χ1) is 16.5. The van der Waals surface area contributed by atoms with Crippen molar-refractivity contribution in [2.24, 2.45) is 11.7 Å². The molecule has 3 amide bonds. The van der Waals surface area contributed by atoms with Crippen molar-refractivity contribution in [1.29, 1.82) is 0 Å². The van der Waals surface area contributed by atoms with E-state index in [1.807, 2.05) is 44.7 Å². The Morgan fingerprint density at radius 3 is 2.17 bits per heavy atom. The van der Waals surface area contributed by atoms with Gasteiger partial charge >= 0.3 is 5.97 Å². The number of ether oxygens (including phenoxy) is 1. The van der Waals surface area contributed by atoms with Crippen LogP contribution in [-0.4, -0.2) is 68.5 Å². The zero-order chi connectivity index (χ0) is 27.6. The molecule has 0 aromatic heterocycles. The molecule has 0 aliphatic heterocycles. The second-order valence-corrected chi connectivity index (χ2v) is 8.71. The fourth-order valence-electron chi connectivity index (χ4n) is 2.03. The summed E-state index contributed by atoms with van der Waals surface area (Å²) in [6, 6.07) is -0.742. The molecule has 10 heteroatoms. The van der Waals surface area contributed by atoms with Gasteiger partial charge in [-0.1, -0.05) is 57.2 Å². The second kappa shape index (κ2) is 26.0. The molecule has 35 heavy (non-hydrogen) atoms. The minimum absolute atomic E-state index is 0.0543. The molecule has 0 aromatic carbocycles. The van der Waals surface area contributed by atoms with E-state index in [0.717, 1.165) is 0 Å². The summed E-state index contributed by atoms with van der Waals surface area (Å²) >= 11 is 1.86. The van der Waals surface area contributed by atoms with E-state index in [4.69, 9.17) is 5.73 Å². The predicted molar refractivity (Wildman–Crippen MR) is 146 cm³/mol. The lowest BCUT2D eigenvalue weighted by molar-refractivity contribution is -0.140. The van der Waals surface area contributed by atoms with Gasteiger partial charge in [-0.2, -0.15) is 11.8 Å². The standard InChI is InChI=1S/C14H26N4O5.C8H12.C3H8S/c1-9(2)6-10(18-11(19)7-15)14(22)17-8-12(20)16-5-4-13(21)23-3;1-4-6-7-8(3)5-2;1-3-4-2/h9-10H,4-8,15H2,1-3H3,(H,16,20)(H,17,22)(H,18,19);4-7H,1H2,2-3H3;3H2,1-2H3/b;7-6-,8-5-;. The van der Waals surface area contributed by atoms with Crippen LogP contribution in [0.5, 0.6) is 0 Å². The van der Waals surface area contributed by atoms with Crippen LogP contribution in [0.2, 0.25) is 0 Å². The number of rotatable bonds is 13. The van der Waals surface area contributed by atoms with E-state index >= 15 is 0 Å². The zero-order valence-electron chi connectivity index (χ0n) is 22.4. The number of methoxy groups -OCH3 is 1. The fourth-order valence-corrected chi connectivity index (χ4v) is 2.03. The summed E-state index contributed by atoms with van der Waals surface area (Å²) in [4.78, 5) is 45.8. The molecule has 1 unspecified atom stereocenters. The lowest BCUT2D eigenvalue weighted by Gasteiger charge is -2.19. The molecular weight excluding hydrogens is 468 g/mol. The minimum Gasteiger partial charge on any atom is -0.469 e. The largest absolute Gasteiger partial charge is 0.469 e. The molecule has 0 rings (SSSR count). The Labute approximate surface area is 215 Å². The first kappa shape index (κ1) is 37.0. The van der Waals surface area contributed by atoms with Gasteiger partial charge in [-0.15, -0.1) is 0 Å². The van der Waals surface area contributed by atoms with Crippen molar-refractivity contribution in [2.45, 2.75) is 53.5 Å². The lowest BCUT2D eigenvalue weighted by atomic mass is 10.0. The summed E-state index contributed by atoms with van der Waals surface area (Å²) in [5, 5.41) is 7.44. The van der Waals surface area contributed by atoms with Crippen LogP contribution in [0, 0.1) is 5.92 Å². The molecule has 0 saturated heterocycles. The average Bonchev–Trinajstić information content (AvgIpc) is 2.85. The molecule has 0 aliphatic carbocycles. The number of carbonyl (C=O) groups is 4. The van der Waals surface area contributed by atoms with E-state index in [2.05, 4.69) is 53.4 Å². The minimum atomic E-state index is -0.742. The highest BCUT2D eigenvalue weighted by atomic mass is 32.2. The van der Waals surface area contributed by atoms with Gasteiger partial charge in [-0.05, 0) is 38.2 Å². The Balaban J connectivity index is -0.000000701. The van der Waals surface area contributed by atoms with E-state index in [1.165, 1.54) is 18.4 Å². The third-order valence-electron chi connectivity index (χ3n) is 4.09. The highest BCUT2D eigenvalue weighted by Gasteiger charge is 2.21. The number of thioether (sulfide) groups is 1. The maximum atomic E-state index is 12.0. The Kier molecular flexibility index (Phi) is 27.5. The highest BCUT2D eigenvalue weighted by molar-refractivity contribution is 7.98. The van der Waals surface area contributed by atoms with Crippen LogP contribution >= 0.6 is 11.8 Å². The van der Waals surface area contributed by atoms with Crippen LogP contribution in [0.4, 0.5) is 0 Å². The SMILES string of the molecule is C=C/C=C\C(C)=C/C.CCSC.COC(=O)CCNC(=O)CNC(=O)C(CC(C)C)NC(=O)CN. The number of hydrogen-bond acceptors (Lipinski definition) is 7. The Bertz CT molecular complexity index is 677. The monoisotopic (exact) mass is 514 g/mol. The van der Waals surface area contributed by atoms with Crippen LogP contribution in [0.15, 0.2) is 36.5 Å². The Morgan fingerprint density at radius 1 is 1.14 bits per heavy atom. The number of nitrogens with two attached hydrogens (primary N) is 1. The molecule has 5 N–H and O–H groups in total. The maximum absolute atomic E-state index is 12.0. The van der Waals surface area contributed by atoms with E-state index in [1.54, 1.807) is 6.08 Å². The van der Waals surface area contributed by atoms with Crippen molar-refractivity contribution in [3.63, 3.8) is 0 Å². The normalized spacial score (nSPS) is 11.3. The van der Waals surface area contributed by atoms with Gasteiger partial charge in [-0.25, -0.2) is 0 Å². The van der Waals surface area contributed by atoms with Crippen molar-refractivity contribution in [3.05, 3.63) is 36.5 Å². The maximum Gasteiger partial charge on any atom is 0.307 e. The zero-order valence-corrected chi connectivity index (χ0v) is 23.3. The molecule has 0 heterocycles. The average molecular weight is 515 g/mol. The van der Waals surface area contributed by atoms with Gasteiger partial charge in [0.2, 0.25) is 17.7 Å². The quantitative estimate of drug-likeness (QED) is 0.218. The Morgan fingerprint density at radius 2 is 1.74 bits per heavy atom. The summed E-state index contributed by atoms with van der Waals surface area (Å²) < 4.78 is 4.44. The lowest BCUT2D eigenvalue weighted by Crippen LogP contribution is -2.50. The molecule has 202 valence electrons. The number of hydrogen-bond donors (Lipinski definition) is 4. The molecular formula is C25H46N4O5S. The molecule has 0 aromatic rings. The van der Waals surface area contributed by atoms with E-state index in [9.17, 15) is 19.2 Å². The van der Waals surface area contributed by atoms with Gasteiger partial charge in [0.25, 0.3) is 0 Å². The van der Waals surface area contributed by atoms with Gasteiger partial charge in [0.1, 0.15) is 6.04 Å². The predicted octanol–water partition coefficient (Wildman–Crippen LogP) is 2.34. The second-order valence-electron chi connectivity index (χ2n) is 7.55. The van der Waals surface area contributed by atoms with Crippen molar-refractivity contribution in [1.82, 2.24) is 16.0 Å². The third-order valence-corrected chi connectivity index (χ3v) is 4.66. The van der Waals surface area contributed by atoms with E-state index in [-0.39, 0.29) is 32.0 Å². The van der Waals surface area contributed by atoms with Crippen molar-refractivity contribution < 1.29 is 23.9 Å². The third kappa shape index (κ3) is 27.5. The highest BCUT2D eigenvalue weighted by Crippen LogP contribution is 2.04. The summed E-state index contributed by atoms with van der Waals surface area (Å²) in [7, 11) is 1.26. The van der Waals surface area contributed by atoms with Crippen LogP contribution < -0.4 is 21.7 Å². The first-order valence-corrected chi connectivity index (χ1v) is 12.9. The molecule has 0 aliphatic rings. The summed E-state index contributed by atoms with van der Waals surface area (Å²) in [5.41, 5.74) is 6.49. The summed E-state index contributed by atoms with van der Waals surface area (Å²) in [5.74, 6) is -0.346. The molecule has 0 saturated carbocycles. The number of esters is 1. The van der Waals surface area contributed by atoms with Crippen LogP contribution in [0.1, 0.15) is 47.5 Å². The van der Waals surface area contributed by atoms with Gasteiger partial charge in [0, 0.05) is 6.54 Å². The Hall–Kier alpha value is -2.59. The smallest absolute Gasteiger partial charge is 0.307 e.